The molecule has 0 fully saturated rings. The highest BCUT2D eigenvalue weighted by molar-refractivity contribution is 5.92. The Kier molecular flexibility index (Phi) is 5.71. The van der Waals surface area contributed by atoms with Gasteiger partial charge in [0, 0.05) is 18.7 Å². The third kappa shape index (κ3) is 4.84. The van der Waals surface area contributed by atoms with E-state index in [1.54, 1.807) is 30.3 Å². The number of aromatic nitrogens is 1. The van der Waals surface area contributed by atoms with E-state index in [1.807, 2.05) is 25.1 Å². The first kappa shape index (κ1) is 18.4. The molecule has 3 aromatic rings. The maximum Gasteiger partial charge on any atom is 0.419 e. The lowest BCUT2D eigenvalue weighted by Gasteiger charge is -2.07. The van der Waals surface area contributed by atoms with Crippen LogP contribution in [0, 0.1) is 6.92 Å². The molecule has 7 nitrogen and oxygen atoms in total. The molecule has 0 atom stereocenters. The molecule has 1 heterocycles. The van der Waals surface area contributed by atoms with Crippen molar-refractivity contribution in [2.24, 2.45) is 0 Å². The zero-order valence-electron chi connectivity index (χ0n) is 14.9. The number of para-hydroxylation sites is 2. The first-order valence-electron chi connectivity index (χ1n) is 8.63. The molecule has 0 unspecified atom stereocenters. The van der Waals surface area contributed by atoms with E-state index in [1.165, 1.54) is 4.57 Å². The number of carbonyl (C=O) groups is 2. The third-order valence-electron chi connectivity index (χ3n) is 4.04. The number of hydrogen-bond donors (Lipinski definition) is 1. The number of amides is 1. The van der Waals surface area contributed by atoms with Crippen LogP contribution in [0.25, 0.3) is 11.1 Å². The Morgan fingerprint density at radius 2 is 1.85 bits per heavy atom. The lowest BCUT2D eigenvalue weighted by atomic mass is 10.2. The van der Waals surface area contributed by atoms with Crippen LogP contribution in [0.1, 0.15) is 18.4 Å². The topological polar surface area (TPSA) is 90.5 Å². The lowest BCUT2D eigenvalue weighted by Crippen LogP contribution is -2.21. The van der Waals surface area contributed by atoms with Crippen LogP contribution in [0.3, 0.4) is 0 Å². The van der Waals surface area contributed by atoms with Gasteiger partial charge in [-0.25, -0.2) is 4.79 Å². The summed E-state index contributed by atoms with van der Waals surface area (Å²) in [6.07, 6.45) is 0.506. The van der Waals surface area contributed by atoms with Crippen molar-refractivity contribution in [1.29, 1.82) is 0 Å². The molecule has 27 heavy (non-hydrogen) atoms. The number of nitrogens with zero attached hydrogens (tertiary/aromatic N) is 1. The lowest BCUT2D eigenvalue weighted by molar-refractivity contribution is -0.147. The van der Waals surface area contributed by atoms with Crippen molar-refractivity contribution >= 4 is 28.7 Å². The Morgan fingerprint density at radius 3 is 2.63 bits per heavy atom. The van der Waals surface area contributed by atoms with E-state index in [0.717, 1.165) is 5.56 Å². The van der Waals surface area contributed by atoms with Crippen LogP contribution >= 0.6 is 0 Å². The van der Waals surface area contributed by atoms with Crippen LogP contribution in [-0.2, 0) is 20.9 Å². The summed E-state index contributed by atoms with van der Waals surface area (Å²) in [4.78, 5) is 35.5. The van der Waals surface area contributed by atoms with E-state index in [9.17, 15) is 14.4 Å². The van der Waals surface area contributed by atoms with Gasteiger partial charge in [-0.05, 0) is 37.6 Å². The second kappa shape index (κ2) is 8.35. The van der Waals surface area contributed by atoms with Gasteiger partial charge in [-0.15, -0.1) is 0 Å². The number of esters is 1. The van der Waals surface area contributed by atoms with Crippen molar-refractivity contribution < 1.29 is 18.7 Å². The Hall–Kier alpha value is -3.35. The summed E-state index contributed by atoms with van der Waals surface area (Å²) in [5, 5.41) is 2.66. The molecule has 0 aliphatic carbocycles. The Balaban J connectivity index is 1.43. The SMILES string of the molecule is Cc1ccc(NC(=O)COC(=O)CCCn2c(=O)oc3ccccc32)cc1. The van der Waals surface area contributed by atoms with Crippen LogP contribution < -0.4 is 11.1 Å². The maximum atomic E-state index is 11.9. The smallest absolute Gasteiger partial charge is 0.419 e. The monoisotopic (exact) mass is 368 g/mol. The van der Waals surface area contributed by atoms with Crippen LogP contribution in [0.15, 0.2) is 57.7 Å². The highest BCUT2D eigenvalue weighted by atomic mass is 16.5. The number of nitrogens with one attached hydrogen (secondary N) is 1. The van der Waals surface area contributed by atoms with E-state index in [0.29, 0.717) is 29.8 Å². The highest BCUT2D eigenvalue weighted by Crippen LogP contribution is 2.12. The van der Waals surface area contributed by atoms with Gasteiger partial charge >= 0.3 is 11.7 Å². The molecule has 1 aromatic heterocycles. The highest BCUT2D eigenvalue weighted by Gasteiger charge is 2.11. The van der Waals surface area contributed by atoms with Gasteiger partial charge in [-0.3, -0.25) is 14.2 Å². The summed E-state index contributed by atoms with van der Waals surface area (Å²) in [7, 11) is 0. The van der Waals surface area contributed by atoms with Gasteiger partial charge in [0.25, 0.3) is 5.91 Å². The number of anilines is 1. The van der Waals surface area contributed by atoms with Gasteiger partial charge in [0.2, 0.25) is 0 Å². The van der Waals surface area contributed by atoms with Crippen LogP contribution in [-0.4, -0.2) is 23.1 Å². The van der Waals surface area contributed by atoms with Crippen molar-refractivity contribution in [3.05, 3.63) is 64.6 Å². The van der Waals surface area contributed by atoms with Gasteiger partial charge in [0.05, 0.1) is 5.52 Å². The molecular weight excluding hydrogens is 348 g/mol. The Morgan fingerprint density at radius 1 is 1.11 bits per heavy atom. The van der Waals surface area contributed by atoms with Crippen molar-refractivity contribution in [2.45, 2.75) is 26.3 Å². The molecule has 0 bridgehead atoms. The molecular formula is C20H20N2O5. The van der Waals surface area contributed by atoms with Gasteiger partial charge in [0.1, 0.15) is 0 Å². The minimum Gasteiger partial charge on any atom is -0.456 e. The van der Waals surface area contributed by atoms with Crippen LogP contribution in [0.5, 0.6) is 0 Å². The minimum absolute atomic E-state index is 0.101. The molecule has 2 aromatic carbocycles. The molecule has 7 heteroatoms. The summed E-state index contributed by atoms with van der Waals surface area (Å²) in [5.74, 6) is -1.35. The van der Waals surface area contributed by atoms with Crippen molar-refractivity contribution in [1.82, 2.24) is 4.57 Å². The molecule has 0 saturated carbocycles. The van der Waals surface area contributed by atoms with Gasteiger partial charge < -0.3 is 14.5 Å². The van der Waals surface area contributed by atoms with Crippen LogP contribution in [0.2, 0.25) is 0 Å². The molecule has 140 valence electrons. The second-order valence-electron chi connectivity index (χ2n) is 6.17. The molecule has 0 radical (unpaired) electrons. The summed E-state index contributed by atoms with van der Waals surface area (Å²) < 4.78 is 11.6. The molecule has 0 spiro atoms. The number of carbonyl (C=O) groups excluding carboxylic acids is 2. The number of fused-ring (bicyclic) bond motifs is 1. The van der Waals surface area contributed by atoms with E-state index in [-0.39, 0.29) is 13.0 Å². The maximum absolute atomic E-state index is 11.9. The van der Waals surface area contributed by atoms with Crippen molar-refractivity contribution in [3.63, 3.8) is 0 Å². The summed E-state index contributed by atoms with van der Waals surface area (Å²) in [6, 6.07) is 14.4. The number of hydrogen-bond acceptors (Lipinski definition) is 5. The fourth-order valence-electron chi connectivity index (χ4n) is 2.66. The van der Waals surface area contributed by atoms with Crippen molar-refractivity contribution in [3.8, 4) is 0 Å². The fourth-order valence-corrected chi connectivity index (χ4v) is 2.66. The van der Waals surface area contributed by atoms with Gasteiger partial charge in [-0.2, -0.15) is 0 Å². The predicted molar refractivity (Wildman–Crippen MR) is 100 cm³/mol. The Labute approximate surface area is 155 Å². The largest absolute Gasteiger partial charge is 0.456 e. The minimum atomic E-state index is -0.491. The van der Waals surface area contributed by atoms with E-state index in [2.05, 4.69) is 5.32 Å². The molecule has 0 aliphatic heterocycles. The zero-order chi connectivity index (χ0) is 19.2. The molecule has 1 N–H and O–H groups in total. The van der Waals surface area contributed by atoms with E-state index in [4.69, 9.17) is 9.15 Å². The average Bonchev–Trinajstić information content (AvgIpc) is 2.97. The molecule has 0 saturated heterocycles. The normalized spacial score (nSPS) is 10.7. The summed E-state index contributed by atoms with van der Waals surface area (Å²) >= 11 is 0. The second-order valence-corrected chi connectivity index (χ2v) is 6.17. The predicted octanol–water partition coefficient (Wildman–Crippen LogP) is 2.87. The zero-order valence-corrected chi connectivity index (χ0v) is 14.9. The fraction of sp³-hybridized carbons (Fsp3) is 0.250. The first-order chi connectivity index (χ1) is 13.0. The van der Waals surface area contributed by atoms with Gasteiger partial charge in [0.15, 0.2) is 12.2 Å². The standard InChI is InChI=1S/C20H20N2O5/c1-14-8-10-15(11-9-14)21-18(23)13-26-19(24)7-4-12-22-16-5-2-3-6-17(16)27-20(22)25/h2-3,5-6,8-11H,4,7,12-13H2,1H3,(H,21,23). The van der Waals surface area contributed by atoms with E-state index < -0.39 is 17.6 Å². The number of aryl methyl sites for hydroxylation is 2. The first-order valence-corrected chi connectivity index (χ1v) is 8.63. The third-order valence-corrected chi connectivity index (χ3v) is 4.04. The molecule has 3 rings (SSSR count). The summed E-state index contributed by atoms with van der Waals surface area (Å²) in [6.45, 7) is 1.94. The number of ether oxygens (including phenoxy) is 1. The van der Waals surface area contributed by atoms with E-state index >= 15 is 0 Å². The quantitative estimate of drug-likeness (QED) is 0.648. The number of benzene rings is 2. The number of oxazole rings is 1. The molecule has 1 amide bonds. The van der Waals surface area contributed by atoms with Crippen LogP contribution in [0.4, 0.5) is 5.69 Å². The summed E-state index contributed by atoms with van der Waals surface area (Å²) in [5.41, 5.74) is 2.93. The van der Waals surface area contributed by atoms with Gasteiger partial charge in [-0.1, -0.05) is 29.8 Å². The number of rotatable bonds is 7. The molecule has 0 aliphatic rings. The van der Waals surface area contributed by atoms with Crippen molar-refractivity contribution in [2.75, 3.05) is 11.9 Å². The Bertz CT molecular complexity index is 1000. The average molecular weight is 368 g/mol.